The van der Waals surface area contributed by atoms with Crippen molar-refractivity contribution in [2.75, 3.05) is 6.26 Å². The second kappa shape index (κ2) is 7.47. The third-order valence-corrected chi connectivity index (χ3v) is 4.26. The minimum atomic E-state index is -0.313. The molecule has 2 aromatic heterocycles. The number of benzene rings is 1. The summed E-state index contributed by atoms with van der Waals surface area (Å²) in [6, 6.07) is 7.89. The van der Waals surface area contributed by atoms with E-state index in [2.05, 4.69) is 20.6 Å². The second-order valence-electron chi connectivity index (χ2n) is 5.32. The third-order valence-electron chi connectivity index (χ3n) is 3.63. The largest absolute Gasteiger partial charge is 0.347 e. The summed E-state index contributed by atoms with van der Waals surface area (Å²) in [4.78, 5) is 12.1. The molecule has 3 rings (SSSR count). The quantitative estimate of drug-likeness (QED) is 0.680. The first-order valence-electron chi connectivity index (χ1n) is 7.58. The fraction of sp³-hybridized carbons (Fsp3) is 0.250. The van der Waals surface area contributed by atoms with Gasteiger partial charge in [0.1, 0.15) is 12.4 Å². The Bertz CT molecular complexity index is 873. The van der Waals surface area contributed by atoms with Gasteiger partial charge in [-0.2, -0.15) is 5.10 Å². The van der Waals surface area contributed by atoms with Crippen molar-refractivity contribution in [1.29, 1.82) is 0 Å². The molecule has 0 aliphatic carbocycles. The molecular weight excluding hydrogens is 343 g/mol. The van der Waals surface area contributed by atoms with E-state index >= 15 is 0 Å². The molecule has 130 valence electrons. The maximum Gasteiger partial charge on any atom is 0.242 e. The average Bonchev–Trinajstić information content (AvgIpc) is 3.20. The summed E-state index contributed by atoms with van der Waals surface area (Å²) < 4.78 is 16.6. The normalized spacial score (nSPS) is 10.8. The Balaban J connectivity index is 1.74. The summed E-state index contributed by atoms with van der Waals surface area (Å²) in [6.07, 6.45) is 3.53. The van der Waals surface area contributed by atoms with Crippen LogP contribution in [-0.2, 0) is 17.9 Å². The van der Waals surface area contributed by atoms with Gasteiger partial charge in [-0.15, -0.1) is 10.2 Å². The lowest BCUT2D eigenvalue weighted by Gasteiger charge is -2.10. The lowest BCUT2D eigenvalue weighted by atomic mass is 10.3. The van der Waals surface area contributed by atoms with Crippen LogP contribution in [0, 0.1) is 12.7 Å². The van der Waals surface area contributed by atoms with Crippen LogP contribution in [0.5, 0.6) is 0 Å². The number of carbonyl (C=O) groups excluding carboxylic acids is 1. The topological polar surface area (TPSA) is 77.6 Å². The van der Waals surface area contributed by atoms with Gasteiger partial charge in [0, 0.05) is 17.6 Å². The number of thioether (sulfide) groups is 1. The van der Waals surface area contributed by atoms with Crippen molar-refractivity contribution in [1.82, 2.24) is 29.9 Å². The van der Waals surface area contributed by atoms with E-state index < -0.39 is 0 Å². The molecule has 1 N–H and O–H groups in total. The Labute approximate surface area is 148 Å². The van der Waals surface area contributed by atoms with Gasteiger partial charge in [-0.05, 0) is 43.5 Å². The number of carbonyl (C=O) groups is 1. The summed E-state index contributed by atoms with van der Waals surface area (Å²) in [5, 5.41) is 15.8. The number of nitrogens with one attached hydrogen (secondary N) is 1. The fourth-order valence-corrected chi connectivity index (χ4v) is 2.85. The smallest absolute Gasteiger partial charge is 0.242 e. The summed E-state index contributed by atoms with van der Waals surface area (Å²) in [5.41, 5.74) is 1.65. The zero-order valence-corrected chi connectivity index (χ0v) is 14.6. The fourth-order valence-electron chi connectivity index (χ4n) is 2.33. The molecule has 9 heteroatoms. The molecular formula is C16H17FN6OS. The number of halogens is 1. The molecule has 0 radical (unpaired) electrons. The van der Waals surface area contributed by atoms with Crippen LogP contribution in [0.3, 0.4) is 0 Å². The van der Waals surface area contributed by atoms with E-state index in [0.29, 0.717) is 11.0 Å². The van der Waals surface area contributed by atoms with E-state index in [1.54, 1.807) is 27.6 Å². The van der Waals surface area contributed by atoms with E-state index in [4.69, 9.17) is 0 Å². The maximum absolute atomic E-state index is 13.2. The minimum Gasteiger partial charge on any atom is -0.347 e. The maximum atomic E-state index is 13.2. The summed E-state index contributed by atoms with van der Waals surface area (Å²) in [7, 11) is 0. The molecule has 0 unspecified atom stereocenters. The van der Waals surface area contributed by atoms with Crippen molar-refractivity contribution >= 4 is 17.7 Å². The van der Waals surface area contributed by atoms with E-state index in [1.807, 2.05) is 19.2 Å². The van der Waals surface area contributed by atoms with Gasteiger partial charge in [-0.3, -0.25) is 14.0 Å². The van der Waals surface area contributed by atoms with Crippen LogP contribution >= 0.6 is 11.8 Å². The molecule has 0 aliphatic heterocycles. The van der Waals surface area contributed by atoms with Gasteiger partial charge >= 0.3 is 0 Å². The predicted molar refractivity (Wildman–Crippen MR) is 91.9 cm³/mol. The molecule has 25 heavy (non-hydrogen) atoms. The Morgan fingerprint density at radius 1 is 1.24 bits per heavy atom. The van der Waals surface area contributed by atoms with Gasteiger partial charge in [0.25, 0.3) is 0 Å². The number of rotatable bonds is 6. The predicted octanol–water partition coefficient (Wildman–Crippen LogP) is 1.95. The van der Waals surface area contributed by atoms with Gasteiger partial charge in [0.2, 0.25) is 5.91 Å². The molecule has 0 atom stereocenters. The number of hydrogen-bond acceptors (Lipinski definition) is 5. The first kappa shape index (κ1) is 17.2. The number of nitrogens with zero attached hydrogens (tertiary/aromatic N) is 5. The highest BCUT2D eigenvalue weighted by atomic mass is 32.2. The number of aromatic nitrogens is 5. The van der Waals surface area contributed by atoms with Crippen molar-refractivity contribution in [3.8, 4) is 5.69 Å². The van der Waals surface area contributed by atoms with Crippen molar-refractivity contribution in [3.63, 3.8) is 0 Å². The molecule has 0 fully saturated rings. The van der Waals surface area contributed by atoms with Gasteiger partial charge in [0.15, 0.2) is 11.0 Å². The van der Waals surface area contributed by atoms with Crippen LogP contribution in [0.2, 0.25) is 0 Å². The van der Waals surface area contributed by atoms with Crippen molar-refractivity contribution in [2.24, 2.45) is 0 Å². The van der Waals surface area contributed by atoms with Gasteiger partial charge in [0.05, 0.1) is 6.54 Å². The van der Waals surface area contributed by atoms with Crippen LogP contribution < -0.4 is 5.32 Å². The van der Waals surface area contributed by atoms with Crippen LogP contribution in [0.25, 0.3) is 5.69 Å². The van der Waals surface area contributed by atoms with E-state index in [1.165, 1.54) is 23.9 Å². The zero-order chi connectivity index (χ0) is 17.8. The second-order valence-corrected chi connectivity index (χ2v) is 6.10. The highest BCUT2D eigenvalue weighted by molar-refractivity contribution is 7.98. The van der Waals surface area contributed by atoms with E-state index in [9.17, 15) is 9.18 Å². The highest BCUT2D eigenvalue weighted by Gasteiger charge is 2.14. The first-order chi connectivity index (χ1) is 12.1. The molecule has 0 saturated carbocycles. The zero-order valence-electron chi connectivity index (χ0n) is 13.8. The molecule has 1 amide bonds. The van der Waals surface area contributed by atoms with Crippen molar-refractivity contribution in [2.45, 2.75) is 25.2 Å². The highest BCUT2D eigenvalue weighted by Crippen LogP contribution is 2.20. The number of hydrogen-bond donors (Lipinski definition) is 1. The van der Waals surface area contributed by atoms with Crippen LogP contribution in [0.4, 0.5) is 4.39 Å². The molecule has 1 aromatic carbocycles. The molecule has 0 saturated heterocycles. The molecule has 0 bridgehead atoms. The number of amides is 1. The molecule has 0 spiro atoms. The van der Waals surface area contributed by atoms with E-state index in [-0.39, 0.29) is 24.8 Å². The molecule has 0 aliphatic rings. The monoisotopic (exact) mass is 360 g/mol. The third kappa shape index (κ3) is 3.87. The van der Waals surface area contributed by atoms with Crippen molar-refractivity contribution < 1.29 is 9.18 Å². The SMILES string of the molecule is CSc1nnc(CNC(=O)Cn2nccc2C)n1-c1ccc(F)cc1. The Morgan fingerprint density at radius 3 is 2.64 bits per heavy atom. The summed E-state index contributed by atoms with van der Waals surface area (Å²) in [5.74, 6) is 0.0830. The molecule has 2 heterocycles. The Morgan fingerprint density at radius 2 is 2.00 bits per heavy atom. The first-order valence-corrected chi connectivity index (χ1v) is 8.80. The van der Waals surface area contributed by atoms with E-state index in [0.717, 1.165) is 11.4 Å². The standard InChI is InChI=1S/C16H17FN6OS/c1-11-7-8-19-22(11)10-15(24)18-9-14-20-21-16(25-2)23(14)13-5-3-12(17)4-6-13/h3-8H,9-10H2,1-2H3,(H,18,24). The lowest BCUT2D eigenvalue weighted by Crippen LogP contribution is -2.29. The van der Waals surface area contributed by atoms with Gasteiger partial charge in [-0.25, -0.2) is 4.39 Å². The Hall–Kier alpha value is -2.68. The van der Waals surface area contributed by atoms with Crippen LogP contribution in [0.1, 0.15) is 11.5 Å². The minimum absolute atomic E-state index is 0.138. The Kier molecular flexibility index (Phi) is 5.13. The van der Waals surface area contributed by atoms with Gasteiger partial charge in [-0.1, -0.05) is 11.8 Å². The summed E-state index contributed by atoms with van der Waals surface area (Å²) in [6.45, 7) is 2.24. The number of aryl methyl sites for hydroxylation is 1. The van der Waals surface area contributed by atoms with Crippen LogP contribution in [0.15, 0.2) is 41.7 Å². The molecule has 7 nitrogen and oxygen atoms in total. The van der Waals surface area contributed by atoms with Crippen LogP contribution in [-0.4, -0.2) is 36.7 Å². The molecule has 3 aromatic rings. The average molecular weight is 360 g/mol. The lowest BCUT2D eigenvalue weighted by molar-refractivity contribution is -0.122. The van der Waals surface area contributed by atoms with Crippen molar-refractivity contribution in [3.05, 3.63) is 53.9 Å². The summed E-state index contributed by atoms with van der Waals surface area (Å²) >= 11 is 1.42. The van der Waals surface area contributed by atoms with Gasteiger partial charge < -0.3 is 5.32 Å².